The molecule has 0 saturated carbocycles. The quantitative estimate of drug-likeness (QED) is 0.636. The number of hydrogen-bond donors (Lipinski definition) is 0. The molecule has 1 rings (SSSR count). The summed E-state index contributed by atoms with van der Waals surface area (Å²) in [7, 11) is 0. The van der Waals surface area contributed by atoms with Crippen LogP contribution < -0.4 is 0 Å². The first-order chi connectivity index (χ1) is 6.25. The molecule has 0 aromatic carbocycles. The molecular weight excluding hydrogens is 158 g/mol. The van der Waals surface area contributed by atoms with Gasteiger partial charge in [-0.3, -0.25) is 4.98 Å². The lowest BCUT2D eigenvalue weighted by Gasteiger charge is -2.01. The van der Waals surface area contributed by atoms with Gasteiger partial charge in [-0.05, 0) is 38.0 Å². The number of aryl methyl sites for hydroxylation is 2. The number of rotatable bonds is 1. The van der Waals surface area contributed by atoms with Gasteiger partial charge in [0.1, 0.15) is 0 Å². The van der Waals surface area contributed by atoms with Gasteiger partial charge >= 0.3 is 0 Å². The maximum atomic E-state index is 4.21. The zero-order valence-corrected chi connectivity index (χ0v) is 9.26. The lowest BCUT2D eigenvalue weighted by molar-refractivity contribution is 1.16. The maximum Gasteiger partial charge on any atom is 0.0447 e. The Kier molecular flexibility index (Phi) is 5.86. The van der Waals surface area contributed by atoms with E-state index in [0.717, 1.165) is 5.69 Å². The molecule has 0 unspecified atom stereocenters. The Hall–Kier alpha value is -1.11. The number of hydrogen-bond acceptors (Lipinski definition) is 1. The van der Waals surface area contributed by atoms with Crippen LogP contribution in [0.2, 0.25) is 0 Å². The van der Waals surface area contributed by atoms with Crippen LogP contribution in [-0.2, 0) is 0 Å². The zero-order chi connectivity index (χ0) is 10.3. The smallest absolute Gasteiger partial charge is 0.0447 e. The normalized spacial score (nSPS) is 9.62. The summed E-state index contributed by atoms with van der Waals surface area (Å²) in [5.74, 6) is 0. The molecule has 0 aliphatic heterocycles. The molecule has 1 aromatic rings. The minimum atomic E-state index is 1.10. The molecule has 1 heteroatoms. The monoisotopic (exact) mass is 177 g/mol. The largest absolute Gasteiger partial charge is 0.261 e. The van der Waals surface area contributed by atoms with Gasteiger partial charge in [0, 0.05) is 11.9 Å². The van der Waals surface area contributed by atoms with Gasteiger partial charge < -0.3 is 0 Å². The SMILES string of the molecule is C/C=C\c1c(C)ccnc1C.CC. The predicted octanol–water partition coefficient (Wildman–Crippen LogP) is 3.76. The molecular formula is C12H19N. The Morgan fingerprint density at radius 3 is 2.31 bits per heavy atom. The summed E-state index contributed by atoms with van der Waals surface area (Å²) in [6.45, 7) is 10.2. The Labute approximate surface area is 81.5 Å². The summed E-state index contributed by atoms with van der Waals surface area (Å²) >= 11 is 0. The highest BCUT2D eigenvalue weighted by Crippen LogP contribution is 2.11. The summed E-state index contributed by atoms with van der Waals surface area (Å²) in [6.07, 6.45) is 5.98. The summed E-state index contributed by atoms with van der Waals surface area (Å²) < 4.78 is 0. The first kappa shape index (κ1) is 11.9. The topological polar surface area (TPSA) is 12.9 Å². The molecule has 1 heterocycles. The molecule has 0 spiro atoms. The van der Waals surface area contributed by atoms with Crippen molar-refractivity contribution in [2.45, 2.75) is 34.6 Å². The Morgan fingerprint density at radius 1 is 1.23 bits per heavy atom. The molecule has 0 bridgehead atoms. The predicted molar refractivity (Wildman–Crippen MR) is 59.8 cm³/mol. The van der Waals surface area contributed by atoms with Crippen molar-refractivity contribution in [1.82, 2.24) is 4.98 Å². The lowest BCUT2D eigenvalue weighted by atomic mass is 10.1. The molecule has 0 fully saturated rings. The summed E-state index contributed by atoms with van der Waals surface area (Å²) in [5.41, 5.74) is 3.63. The van der Waals surface area contributed by atoms with E-state index < -0.39 is 0 Å². The van der Waals surface area contributed by atoms with E-state index in [0.29, 0.717) is 0 Å². The average Bonchev–Trinajstić information content (AvgIpc) is 2.15. The number of nitrogens with zero attached hydrogens (tertiary/aromatic N) is 1. The highest BCUT2D eigenvalue weighted by atomic mass is 14.7. The second-order valence-electron chi connectivity index (χ2n) is 2.63. The van der Waals surface area contributed by atoms with Crippen molar-refractivity contribution >= 4 is 6.08 Å². The molecule has 1 nitrogen and oxygen atoms in total. The molecule has 0 saturated heterocycles. The van der Waals surface area contributed by atoms with Crippen LogP contribution >= 0.6 is 0 Å². The van der Waals surface area contributed by atoms with Crippen molar-refractivity contribution in [3.63, 3.8) is 0 Å². The molecule has 0 aliphatic rings. The Balaban J connectivity index is 0.000000671. The van der Waals surface area contributed by atoms with Crippen LogP contribution in [0.15, 0.2) is 18.3 Å². The second kappa shape index (κ2) is 6.41. The van der Waals surface area contributed by atoms with E-state index >= 15 is 0 Å². The van der Waals surface area contributed by atoms with E-state index in [1.54, 1.807) is 0 Å². The molecule has 0 atom stereocenters. The van der Waals surface area contributed by atoms with Crippen molar-refractivity contribution < 1.29 is 0 Å². The molecule has 13 heavy (non-hydrogen) atoms. The van der Waals surface area contributed by atoms with Gasteiger partial charge in [-0.2, -0.15) is 0 Å². The number of allylic oxidation sites excluding steroid dienone is 1. The second-order valence-corrected chi connectivity index (χ2v) is 2.63. The van der Waals surface area contributed by atoms with E-state index in [-0.39, 0.29) is 0 Å². The third-order valence-corrected chi connectivity index (χ3v) is 1.74. The van der Waals surface area contributed by atoms with Crippen molar-refractivity contribution in [3.05, 3.63) is 35.2 Å². The Morgan fingerprint density at radius 2 is 1.85 bits per heavy atom. The van der Waals surface area contributed by atoms with Crippen LogP contribution in [0.4, 0.5) is 0 Å². The molecule has 0 N–H and O–H groups in total. The zero-order valence-electron chi connectivity index (χ0n) is 9.26. The van der Waals surface area contributed by atoms with E-state index in [1.807, 2.05) is 46.0 Å². The molecule has 0 radical (unpaired) electrons. The van der Waals surface area contributed by atoms with E-state index in [1.165, 1.54) is 11.1 Å². The van der Waals surface area contributed by atoms with E-state index in [2.05, 4.69) is 18.0 Å². The van der Waals surface area contributed by atoms with Crippen LogP contribution in [0, 0.1) is 13.8 Å². The van der Waals surface area contributed by atoms with Gasteiger partial charge in [0.25, 0.3) is 0 Å². The molecule has 72 valence electrons. The first-order valence-corrected chi connectivity index (χ1v) is 4.80. The van der Waals surface area contributed by atoms with E-state index in [4.69, 9.17) is 0 Å². The maximum absolute atomic E-state index is 4.21. The van der Waals surface area contributed by atoms with Gasteiger partial charge in [0.2, 0.25) is 0 Å². The van der Waals surface area contributed by atoms with Crippen LogP contribution in [0.3, 0.4) is 0 Å². The van der Waals surface area contributed by atoms with Crippen molar-refractivity contribution in [3.8, 4) is 0 Å². The van der Waals surface area contributed by atoms with Gasteiger partial charge in [-0.1, -0.05) is 26.0 Å². The summed E-state index contributed by atoms with van der Waals surface area (Å²) in [5, 5.41) is 0. The third-order valence-electron chi connectivity index (χ3n) is 1.74. The van der Waals surface area contributed by atoms with Crippen LogP contribution in [0.25, 0.3) is 6.08 Å². The Bertz CT molecular complexity index is 254. The van der Waals surface area contributed by atoms with Gasteiger partial charge in [0.05, 0.1) is 0 Å². The fourth-order valence-electron chi connectivity index (χ4n) is 1.12. The average molecular weight is 177 g/mol. The fourth-order valence-corrected chi connectivity index (χ4v) is 1.12. The van der Waals surface area contributed by atoms with E-state index in [9.17, 15) is 0 Å². The number of pyridine rings is 1. The van der Waals surface area contributed by atoms with Crippen molar-refractivity contribution in [2.24, 2.45) is 0 Å². The first-order valence-electron chi connectivity index (χ1n) is 4.80. The summed E-state index contributed by atoms with van der Waals surface area (Å²) in [4.78, 5) is 4.21. The van der Waals surface area contributed by atoms with Crippen LogP contribution in [0.5, 0.6) is 0 Å². The van der Waals surface area contributed by atoms with Gasteiger partial charge in [-0.15, -0.1) is 0 Å². The van der Waals surface area contributed by atoms with Crippen LogP contribution in [0.1, 0.15) is 37.6 Å². The third kappa shape index (κ3) is 3.41. The van der Waals surface area contributed by atoms with Gasteiger partial charge in [-0.25, -0.2) is 0 Å². The highest BCUT2D eigenvalue weighted by Gasteiger charge is 1.96. The minimum Gasteiger partial charge on any atom is -0.261 e. The number of aromatic nitrogens is 1. The van der Waals surface area contributed by atoms with Crippen molar-refractivity contribution in [2.75, 3.05) is 0 Å². The van der Waals surface area contributed by atoms with Gasteiger partial charge in [0.15, 0.2) is 0 Å². The summed E-state index contributed by atoms with van der Waals surface area (Å²) in [6, 6.07) is 2.03. The molecule has 0 amide bonds. The standard InChI is InChI=1S/C10H13N.C2H6/c1-4-5-10-8(2)6-7-11-9(10)3;1-2/h4-7H,1-3H3;1-2H3/b5-4-;. The molecule has 0 aliphatic carbocycles. The molecule has 1 aromatic heterocycles. The highest BCUT2D eigenvalue weighted by molar-refractivity contribution is 5.54. The minimum absolute atomic E-state index is 1.10. The fraction of sp³-hybridized carbons (Fsp3) is 0.417. The lowest BCUT2D eigenvalue weighted by Crippen LogP contribution is -1.88. The van der Waals surface area contributed by atoms with Crippen LogP contribution in [-0.4, -0.2) is 4.98 Å². The van der Waals surface area contributed by atoms with Crippen molar-refractivity contribution in [1.29, 1.82) is 0 Å².